The number of nitrogens with zero attached hydrogens (tertiary/aromatic N) is 2. The second kappa shape index (κ2) is 2.81. The Hall–Kier alpha value is -0.880. The number of hydrogen-bond acceptors (Lipinski definition) is 3. The third kappa shape index (κ3) is 1.59. The molecular weight excluding hydrogens is 190 g/mol. The molecule has 0 radical (unpaired) electrons. The van der Waals surface area contributed by atoms with Crippen LogP contribution in [0.3, 0.4) is 0 Å². The van der Waals surface area contributed by atoms with Gasteiger partial charge in [-0.25, -0.2) is 13.4 Å². The van der Waals surface area contributed by atoms with Crippen molar-refractivity contribution >= 4 is 10.0 Å². The van der Waals surface area contributed by atoms with Gasteiger partial charge in [0.05, 0.1) is 30.5 Å². The van der Waals surface area contributed by atoms with Crippen LogP contribution < -0.4 is 0 Å². The summed E-state index contributed by atoms with van der Waals surface area (Å²) < 4.78 is 23.9. The fraction of sp³-hybridized carbons (Fsp3) is 0.571. The number of nitrogens with one attached hydrogen (secondary N) is 1. The van der Waals surface area contributed by atoms with Crippen LogP contribution in [0.15, 0.2) is 6.33 Å². The molecular formula is C7H11N3O2S. The molecule has 0 amide bonds. The topological polar surface area (TPSA) is 66.1 Å². The van der Waals surface area contributed by atoms with Crippen molar-refractivity contribution < 1.29 is 8.42 Å². The predicted molar refractivity (Wildman–Crippen MR) is 47.5 cm³/mol. The summed E-state index contributed by atoms with van der Waals surface area (Å²) >= 11 is 0. The van der Waals surface area contributed by atoms with E-state index in [9.17, 15) is 8.42 Å². The second-order valence-corrected chi connectivity index (χ2v) is 5.16. The maximum atomic E-state index is 11.2. The van der Waals surface area contributed by atoms with Gasteiger partial charge in [-0.1, -0.05) is 0 Å². The Labute approximate surface area is 76.8 Å². The van der Waals surface area contributed by atoms with Crippen molar-refractivity contribution in [1.82, 2.24) is 14.3 Å². The highest BCUT2D eigenvalue weighted by molar-refractivity contribution is 7.88. The molecule has 0 spiro atoms. The van der Waals surface area contributed by atoms with Gasteiger partial charge in [0.25, 0.3) is 0 Å². The lowest BCUT2D eigenvalue weighted by Crippen LogP contribution is -2.35. The van der Waals surface area contributed by atoms with Crippen LogP contribution in [0.4, 0.5) is 0 Å². The molecule has 6 heteroatoms. The van der Waals surface area contributed by atoms with E-state index < -0.39 is 10.0 Å². The molecule has 0 saturated carbocycles. The van der Waals surface area contributed by atoms with E-state index in [2.05, 4.69) is 9.97 Å². The number of fused-ring (bicyclic) bond motifs is 1. The molecule has 1 aliphatic heterocycles. The Morgan fingerprint density at radius 2 is 2.38 bits per heavy atom. The molecule has 1 aliphatic rings. The monoisotopic (exact) mass is 201 g/mol. The Morgan fingerprint density at radius 1 is 1.62 bits per heavy atom. The molecule has 1 aromatic heterocycles. The first-order chi connectivity index (χ1) is 6.07. The van der Waals surface area contributed by atoms with E-state index in [1.807, 2.05) is 0 Å². The lowest BCUT2D eigenvalue weighted by Gasteiger charge is -2.23. The minimum absolute atomic E-state index is 0.425. The van der Waals surface area contributed by atoms with E-state index in [-0.39, 0.29) is 0 Å². The molecule has 0 atom stereocenters. The highest BCUT2D eigenvalue weighted by atomic mass is 32.2. The van der Waals surface area contributed by atoms with Gasteiger partial charge in [0.1, 0.15) is 0 Å². The molecule has 2 heterocycles. The summed E-state index contributed by atoms with van der Waals surface area (Å²) in [4.78, 5) is 7.04. The number of aromatic nitrogens is 2. The summed E-state index contributed by atoms with van der Waals surface area (Å²) in [6.45, 7) is 0.963. The maximum absolute atomic E-state index is 11.2. The van der Waals surface area contributed by atoms with E-state index in [0.717, 1.165) is 11.4 Å². The highest BCUT2D eigenvalue weighted by Crippen LogP contribution is 2.16. The molecule has 0 fully saturated rings. The van der Waals surface area contributed by atoms with Gasteiger partial charge in [0.2, 0.25) is 10.0 Å². The highest BCUT2D eigenvalue weighted by Gasteiger charge is 2.24. The summed E-state index contributed by atoms with van der Waals surface area (Å²) in [7, 11) is -3.06. The molecule has 2 rings (SSSR count). The molecule has 1 N–H and O–H groups in total. The number of aromatic amines is 1. The summed E-state index contributed by atoms with van der Waals surface area (Å²) in [6.07, 6.45) is 3.54. The van der Waals surface area contributed by atoms with Gasteiger partial charge in [0.15, 0.2) is 0 Å². The van der Waals surface area contributed by atoms with Crippen LogP contribution in [0.1, 0.15) is 11.4 Å². The average molecular weight is 201 g/mol. The Morgan fingerprint density at radius 3 is 3.08 bits per heavy atom. The van der Waals surface area contributed by atoms with E-state index >= 15 is 0 Å². The second-order valence-electron chi connectivity index (χ2n) is 3.17. The molecule has 13 heavy (non-hydrogen) atoms. The zero-order valence-electron chi connectivity index (χ0n) is 7.32. The first-order valence-electron chi connectivity index (χ1n) is 4.03. The van der Waals surface area contributed by atoms with Crippen molar-refractivity contribution in [1.29, 1.82) is 0 Å². The number of H-pyrrole nitrogens is 1. The molecule has 0 aromatic carbocycles. The molecule has 0 unspecified atom stereocenters. The lowest BCUT2D eigenvalue weighted by molar-refractivity contribution is 0.389. The van der Waals surface area contributed by atoms with Gasteiger partial charge in [0, 0.05) is 13.0 Å². The van der Waals surface area contributed by atoms with Crippen LogP contribution in [0.5, 0.6) is 0 Å². The third-order valence-corrected chi connectivity index (χ3v) is 3.46. The van der Waals surface area contributed by atoms with Crippen LogP contribution in [0.25, 0.3) is 0 Å². The fourth-order valence-electron chi connectivity index (χ4n) is 1.47. The van der Waals surface area contributed by atoms with Crippen LogP contribution >= 0.6 is 0 Å². The van der Waals surface area contributed by atoms with Gasteiger partial charge < -0.3 is 4.98 Å². The molecule has 0 aliphatic carbocycles. The minimum atomic E-state index is -3.06. The van der Waals surface area contributed by atoms with Gasteiger partial charge in [-0.3, -0.25) is 0 Å². The summed E-state index contributed by atoms with van der Waals surface area (Å²) in [6, 6.07) is 0. The number of hydrogen-bond donors (Lipinski definition) is 1. The summed E-state index contributed by atoms with van der Waals surface area (Å²) in [5.74, 6) is 0. The number of imidazole rings is 1. The normalized spacial score (nSPS) is 18.5. The van der Waals surface area contributed by atoms with Gasteiger partial charge in [-0.15, -0.1) is 0 Å². The quantitative estimate of drug-likeness (QED) is 0.680. The van der Waals surface area contributed by atoms with Crippen LogP contribution in [-0.4, -0.2) is 35.5 Å². The van der Waals surface area contributed by atoms with Crippen molar-refractivity contribution in [2.24, 2.45) is 0 Å². The van der Waals surface area contributed by atoms with Crippen molar-refractivity contribution in [2.75, 3.05) is 12.8 Å². The largest absolute Gasteiger partial charge is 0.347 e. The Kier molecular flexibility index (Phi) is 1.88. The molecule has 5 nitrogen and oxygen atoms in total. The van der Waals surface area contributed by atoms with E-state index in [1.54, 1.807) is 6.33 Å². The van der Waals surface area contributed by atoms with E-state index in [4.69, 9.17) is 0 Å². The predicted octanol–water partition coefficient (Wildman–Crippen LogP) is -0.273. The van der Waals surface area contributed by atoms with Gasteiger partial charge >= 0.3 is 0 Å². The van der Waals surface area contributed by atoms with E-state index in [0.29, 0.717) is 19.5 Å². The van der Waals surface area contributed by atoms with Crippen LogP contribution in [0, 0.1) is 0 Å². The first kappa shape index (κ1) is 8.71. The van der Waals surface area contributed by atoms with Gasteiger partial charge in [-0.05, 0) is 0 Å². The first-order valence-corrected chi connectivity index (χ1v) is 5.88. The smallest absolute Gasteiger partial charge is 0.211 e. The summed E-state index contributed by atoms with van der Waals surface area (Å²) in [5, 5.41) is 0. The molecule has 0 bridgehead atoms. The third-order valence-electron chi connectivity index (χ3n) is 2.21. The van der Waals surface area contributed by atoms with Crippen molar-refractivity contribution in [2.45, 2.75) is 13.0 Å². The van der Waals surface area contributed by atoms with Crippen molar-refractivity contribution in [3.05, 3.63) is 17.7 Å². The molecule has 0 saturated heterocycles. The minimum Gasteiger partial charge on any atom is -0.347 e. The van der Waals surface area contributed by atoms with Crippen molar-refractivity contribution in [3.8, 4) is 0 Å². The lowest BCUT2D eigenvalue weighted by atomic mass is 10.2. The van der Waals surface area contributed by atoms with E-state index in [1.165, 1.54) is 10.6 Å². The fourth-order valence-corrected chi connectivity index (χ4v) is 2.26. The summed E-state index contributed by atoms with van der Waals surface area (Å²) in [5.41, 5.74) is 1.90. The zero-order valence-corrected chi connectivity index (χ0v) is 8.13. The standard InChI is InChI=1S/C7H11N3O2S/c1-13(11,12)10-3-2-6-7(4-10)9-5-8-6/h5H,2-4H2,1H3,(H,8,9). The van der Waals surface area contributed by atoms with Crippen LogP contribution in [0.2, 0.25) is 0 Å². The molecule has 72 valence electrons. The van der Waals surface area contributed by atoms with Gasteiger partial charge in [-0.2, -0.15) is 4.31 Å². The maximum Gasteiger partial charge on any atom is 0.211 e. The van der Waals surface area contributed by atoms with Crippen molar-refractivity contribution in [3.63, 3.8) is 0 Å². The number of sulfonamides is 1. The Balaban J connectivity index is 2.27. The SMILES string of the molecule is CS(=O)(=O)N1CCc2nc[nH]c2C1. The zero-order chi connectivity index (χ0) is 9.47. The Bertz CT molecular complexity index is 409. The average Bonchev–Trinajstić information content (AvgIpc) is 2.47. The molecule has 1 aromatic rings. The van der Waals surface area contributed by atoms with Crippen LogP contribution in [-0.2, 0) is 23.0 Å². The number of rotatable bonds is 1.